The SMILES string of the molecule is Nc1ccccc1C(=O)NCc1cc(Cl)cc(Cl)c1. The van der Waals surface area contributed by atoms with Crippen LogP contribution in [-0.2, 0) is 6.54 Å². The lowest BCUT2D eigenvalue weighted by molar-refractivity contribution is 0.0952. The molecule has 0 atom stereocenters. The van der Waals surface area contributed by atoms with Gasteiger partial charge in [-0.25, -0.2) is 0 Å². The fourth-order valence-electron chi connectivity index (χ4n) is 1.69. The number of hydrogen-bond acceptors (Lipinski definition) is 2. The average Bonchev–Trinajstić information content (AvgIpc) is 2.35. The summed E-state index contributed by atoms with van der Waals surface area (Å²) in [5, 5.41) is 3.85. The summed E-state index contributed by atoms with van der Waals surface area (Å²) in [7, 11) is 0. The van der Waals surface area contributed by atoms with E-state index < -0.39 is 0 Å². The van der Waals surface area contributed by atoms with E-state index in [2.05, 4.69) is 5.32 Å². The lowest BCUT2D eigenvalue weighted by Gasteiger charge is -2.08. The molecular formula is C14H12Cl2N2O. The molecule has 2 aromatic carbocycles. The summed E-state index contributed by atoms with van der Waals surface area (Å²) in [4.78, 5) is 12.0. The number of nitrogens with one attached hydrogen (secondary N) is 1. The van der Waals surface area contributed by atoms with Crippen LogP contribution in [0.1, 0.15) is 15.9 Å². The molecule has 0 saturated carbocycles. The summed E-state index contributed by atoms with van der Waals surface area (Å²) < 4.78 is 0. The van der Waals surface area contributed by atoms with Crippen molar-refractivity contribution in [1.29, 1.82) is 0 Å². The maximum Gasteiger partial charge on any atom is 0.253 e. The minimum atomic E-state index is -0.228. The highest BCUT2D eigenvalue weighted by atomic mass is 35.5. The maximum atomic E-state index is 12.0. The fraction of sp³-hybridized carbons (Fsp3) is 0.0714. The van der Waals surface area contributed by atoms with E-state index in [0.29, 0.717) is 27.8 Å². The molecule has 0 heterocycles. The largest absolute Gasteiger partial charge is 0.398 e. The number of nitrogens with two attached hydrogens (primary N) is 1. The number of hydrogen-bond donors (Lipinski definition) is 2. The van der Waals surface area contributed by atoms with Crippen LogP contribution in [0.2, 0.25) is 10.0 Å². The molecule has 0 aliphatic rings. The van der Waals surface area contributed by atoms with Crippen molar-refractivity contribution >= 4 is 34.8 Å². The van der Waals surface area contributed by atoms with Gasteiger partial charge in [-0.3, -0.25) is 4.79 Å². The van der Waals surface area contributed by atoms with E-state index in [1.807, 2.05) is 0 Å². The Morgan fingerprint density at radius 1 is 1.11 bits per heavy atom. The molecule has 0 saturated heterocycles. The Kier molecular flexibility index (Phi) is 4.30. The molecule has 0 fully saturated rings. The predicted octanol–water partition coefficient (Wildman–Crippen LogP) is 3.51. The summed E-state index contributed by atoms with van der Waals surface area (Å²) in [6.45, 7) is 0.341. The monoisotopic (exact) mass is 294 g/mol. The van der Waals surface area contributed by atoms with E-state index in [1.165, 1.54) is 0 Å². The van der Waals surface area contributed by atoms with Crippen molar-refractivity contribution in [1.82, 2.24) is 5.32 Å². The van der Waals surface area contributed by atoms with E-state index in [0.717, 1.165) is 5.56 Å². The third kappa shape index (κ3) is 3.63. The highest BCUT2D eigenvalue weighted by molar-refractivity contribution is 6.34. The molecule has 0 aliphatic carbocycles. The summed E-state index contributed by atoms with van der Waals surface area (Å²) in [6.07, 6.45) is 0. The van der Waals surface area contributed by atoms with Gasteiger partial charge in [0, 0.05) is 22.3 Å². The summed E-state index contributed by atoms with van der Waals surface area (Å²) in [6, 6.07) is 12.1. The van der Waals surface area contributed by atoms with Crippen LogP contribution >= 0.6 is 23.2 Å². The van der Waals surface area contributed by atoms with Crippen LogP contribution in [0.4, 0.5) is 5.69 Å². The van der Waals surface area contributed by atoms with E-state index >= 15 is 0 Å². The Balaban J connectivity index is 2.07. The van der Waals surface area contributed by atoms with Gasteiger partial charge in [0.05, 0.1) is 5.56 Å². The summed E-state index contributed by atoms with van der Waals surface area (Å²) in [5.41, 5.74) is 7.47. The molecular weight excluding hydrogens is 283 g/mol. The van der Waals surface area contributed by atoms with Crippen LogP contribution in [0.5, 0.6) is 0 Å². The van der Waals surface area contributed by atoms with E-state index in [9.17, 15) is 4.79 Å². The lowest BCUT2D eigenvalue weighted by Crippen LogP contribution is -2.23. The normalized spacial score (nSPS) is 10.2. The Labute approximate surface area is 121 Å². The number of halogens is 2. The highest BCUT2D eigenvalue weighted by Crippen LogP contribution is 2.19. The van der Waals surface area contributed by atoms with Crippen LogP contribution in [0.25, 0.3) is 0 Å². The predicted molar refractivity (Wildman–Crippen MR) is 78.5 cm³/mol. The second-order valence-electron chi connectivity index (χ2n) is 4.05. The van der Waals surface area contributed by atoms with Crippen LogP contribution in [-0.4, -0.2) is 5.91 Å². The van der Waals surface area contributed by atoms with Gasteiger partial charge in [-0.05, 0) is 35.9 Å². The van der Waals surface area contributed by atoms with Crippen molar-refractivity contribution in [3.8, 4) is 0 Å². The van der Waals surface area contributed by atoms with E-state index in [4.69, 9.17) is 28.9 Å². The Morgan fingerprint density at radius 2 is 1.74 bits per heavy atom. The minimum absolute atomic E-state index is 0.228. The number of benzene rings is 2. The topological polar surface area (TPSA) is 55.1 Å². The van der Waals surface area contributed by atoms with Gasteiger partial charge in [-0.15, -0.1) is 0 Å². The molecule has 0 radical (unpaired) electrons. The number of nitrogen functional groups attached to an aromatic ring is 1. The molecule has 98 valence electrons. The highest BCUT2D eigenvalue weighted by Gasteiger charge is 2.08. The number of rotatable bonds is 3. The van der Waals surface area contributed by atoms with Gasteiger partial charge in [0.25, 0.3) is 5.91 Å². The van der Waals surface area contributed by atoms with Crippen molar-refractivity contribution in [2.75, 3.05) is 5.73 Å². The van der Waals surface area contributed by atoms with Gasteiger partial charge in [0.2, 0.25) is 0 Å². The second kappa shape index (κ2) is 5.95. The molecule has 3 N–H and O–H groups in total. The third-order valence-electron chi connectivity index (χ3n) is 2.58. The lowest BCUT2D eigenvalue weighted by atomic mass is 10.1. The third-order valence-corrected chi connectivity index (χ3v) is 3.02. The smallest absolute Gasteiger partial charge is 0.253 e. The maximum absolute atomic E-state index is 12.0. The van der Waals surface area contributed by atoms with Crippen molar-refractivity contribution in [2.45, 2.75) is 6.54 Å². The van der Waals surface area contributed by atoms with E-state index in [-0.39, 0.29) is 5.91 Å². The number of para-hydroxylation sites is 1. The van der Waals surface area contributed by atoms with Crippen LogP contribution in [0, 0.1) is 0 Å². The first-order valence-corrected chi connectivity index (χ1v) is 6.39. The quantitative estimate of drug-likeness (QED) is 0.851. The average molecular weight is 295 g/mol. The zero-order valence-corrected chi connectivity index (χ0v) is 11.5. The minimum Gasteiger partial charge on any atom is -0.398 e. The van der Waals surface area contributed by atoms with Crippen molar-refractivity contribution < 1.29 is 4.79 Å². The van der Waals surface area contributed by atoms with Gasteiger partial charge < -0.3 is 11.1 Å². The molecule has 3 nitrogen and oxygen atoms in total. The first kappa shape index (κ1) is 13.7. The second-order valence-corrected chi connectivity index (χ2v) is 4.92. The van der Waals surface area contributed by atoms with Crippen molar-refractivity contribution in [2.24, 2.45) is 0 Å². The zero-order valence-electron chi connectivity index (χ0n) is 9.99. The summed E-state index contributed by atoms with van der Waals surface area (Å²) >= 11 is 11.8. The number of carbonyl (C=O) groups excluding carboxylic acids is 1. The molecule has 1 amide bonds. The molecule has 2 rings (SSSR count). The molecule has 0 unspecified atom stereocenters. The van der Waals surface area contributed by atoms with Crippen LogP contribution in [0.3, 0.4) is 0 Å². The molecule has 19 heavy (non-hydrogen) atoms. The first-order chi connectivity index (χ1) is 9.06. The molecule has 0 aromatic heterocycles. The first-order valence-electron chi connectivity index (χ1n) is 5.64. The Hall–Kier alpha value is -1.71. The molecule has 0 spiro atoms. The number of anilines is 1. The van der Waals surface area contributed by atoms with Gasteiger partial charge in [-0.2, -0.15) is 0 Å². The number of carbonyl (C=O) groups is 1. The molecule has 0 bridgehead atoms. The van der Waals surface area contributed by atoms with E-state index in [1.54, 1.807) is 42.5 Å². The summed E-state index contributed by atoms with van der Waals surface area (Å²) in [5.74, 6) is -0.228. The molecule has 2 aromatic rings. The fourth-order valence-corrected chi connectivity index (χ4v) is 2.27. The number of amides is 1. The van der Waals surface area contributed by atoms with Crippen LogP contribution in [0.15, 0.2) is 42.5 Å². The molecule has 0 aliphatic heterocycles. The van der Waals surface area contributed by atoms with Gasteiger partial charge in [0.1, 0.15) is 0 Å². The van der Waals surface area contributed by atoms with Crippen LogP contribution < -0.4 is 11.1 Å². The Morgan fingerprint density at radius 3 is 2.37 bits per heavy atom. The van der Waals surface area contributed by atoms with Gasteiger partial charge >= 0.3 is 0 Å². The zero-order chi connectivity index (χ0) is 13.8. The standard InChI is InChI=1S/C14H12Cl2N2O/c15-10-5-9(6-11(16)7-10)8-18-14(19)12-3-1-2-4-13(12)17/h1-7H,8,17H2,(H,18,19). The van der Waals surface area contributed by atoms with Crippen molar-refractivity contribution in [3.63, 3.8) is 0 Å². The van der Waals surface area contributed by atoms with Crippen molar-refractivity contribution in [3.05, 3.63) is 63.6 Å². The Bertz CT molecular complexity index is 594. The molecule has 5 heteroatoms. The van der Waals surface area contributed by atoms with Gasteiger partial charge in [-0.1, -0.05) is 35.3 Å². The van der Waals surface area contributed by atoms with Gasteiger partial charge in [0.15, 0.2) is 0 Å².